The van der Waals surface area contributed by atoms with Crippen LogP contribution in [-0.4, -0.2) is 24.5 Å². The van der Waals surface area contributed by atoms with Crippen LogP contribution in [0.25, 0.3) is 0 Å². The second-order valence-electron chi connectivity index (χ2n) is 4.94. The maximum Gasteiger partial charge on any atom is 0.156 e. The molecule has 18 heavy (non-hydrogen) atoms. The zero-order valence-electron chi connectivity index (χ0n) is 10.7. The fourth-order valence-corrected chi connectivity index (χ4v) is 4.53. The Morgan fingerprint density at radius 1 is 1.39 bits per heavy atom. The van der Waals surface area contributed by atoms with Gasteiger partial charge in [0, 0.05) is 0 Å². The molecule has 0 aliphatic carbocycles. The van der Waals surface area contributed by atoms with Crippen LogP contribution in [0, 0.1) is 0 Å². The van der Waals surface area contributed by atoms with Crippen LogP contribution in [0.15, 0.2) is 24.3 Å². The van der Waals surface area contributed by atoms with E-state index in [4.69, 9.17) is 0 Å². The maximum atomic E-state index is 12.0. The first-order valence-electron chi connectivity index (χ1n) is 6.53. The summed E-state index contributed by atoms with van der Waals surface area (Å²) >= 11 is 0. The highest BCUT2D eigenvalue weighted by Crippen LogP contribution is 2.30. The van der Waals surface area contributed by atoms with Gasteiger partial charge in [0.25, 0.3) is 0 Å². The van der Waals surface area contributed by atoms with Gasteiger partial charge < -0.3 is 5.11 Å². The van der Waals surface area contributed by atoms with Gasteiger partial charge in [0.1, 0.15) is 0 Å². The van der Waals surface area contributed by atoms with Crippen molar-refractivity contribution in [2.45, 2.75) is 44.0 Å². The van der Waals surface area contributed by atoms with Crippen molar-refractivity contribution in [2.75, 3.05) is 5.75 Å². The smallest absolute Gasteiger partial charge is 0.156 e. The molecule has 1 aromatic carbocycles. The van der Waals surface area contributed by atoms with Crippen LogP contribution >= 0.6 is 0 Å². The molecule has 0 radical (unpaired) electrons. The van der Waals surface area contributed by atoms with Crippen molar-refractivity contribution in [3.05, 3.63) is 35.4 Å². The van der Waals surface area contributed by atoms with Crippen LogP contribution in [0.5, 0.6) is 0 Å². The summed E-state index contributed by atoms with van der Waals surface area (Å²) < 4.78 is 24.0. The van der Waals surface area contributed by atoms with Crippen molar-refractivity contribution < 1.29 is 13.5 Å². The summed E-state index contributed by atoms with van der Waals surface area (Å²) in [5.41, 5.74) is 1.85. The van der Waals surface area contributed by atoms with Gasteiger partial charge in [-0.25, -0.2) is 8.42 Å². The van der Waals surface area contributed by atoms with Gasteiger partial charge in [-0.1, -0.05) is 37.6 Å². The number of sulfone groups is 1. The summed E-state index contributed by atoms with van der Waals surface area (Å²) in [6.07, 6.45) is 2.18. The van der Waals surface area contributed by atoms with Crippen molar-refractivity contribution in [1.82, 2.24) is 0 Å². The summed E-state index contributed by atoms with van der Waals surface area (Å²) in [5, 5.41) is 9.70. The first-order chi connectivity index (χ1) is 8.54. The Morgan fingerprint density at radius 2 is 2.17 bits per heavy atom. The zero-order chi connectivity index (χ0) is 13.2. The van der Waals surface area contributed by atoms with Crippen LogP contribution in [0.1, 0.15) is 43.4 Å². The van der Waals surface area contributed by atoms with E-state index in [1.807, 2.05) is 31.2 Å². The third-order valence-electron chi connectivity index (χ3n) is 3.68. The Hall–Kier alpha value is -0.870. The normalized spacial score (nSPS) is 24.7. The Morgan fingerprint density at radius 3 is 2.83 bits per heavy atom. The predicted molar refractivity (Wildman–Crippen MR) is 72.2 cm³/mol. The van der Waals surface area contributed by atoms with Crippen molar-refractivity contribution in [3.63, 3.8) is 0 Å². The van der Waals surface area contributed by atoms with E-state index in [1.165, 1.54) is 0 Å². The Kier molecular flexibility index (Phi) is 4.07. The minimum atomic E-state index is -3.14. The molecule has 1 N–H and O–H groups in total. The van der Waals surface area contributed by atoms with Crippen molar-refractivity contribution in [1.29, 1.82) is 0 Å². The molecule has 2 rings (SSSR count). The Balaban J connectivity index is 2.26. The second-order valence-corrected chi connectivity index (χ2v) is 7.28. The maximum absolute atomic E-state index is 12.0. The molecule has 0 amide bonds. The lowest BCUT2D eigenvalue weighted by Crippen LogP contribution is -2.33. The van der Waals surface area contributed by atoms with E-state index < -0.39 is 21.2 Å². The summed E-state index contributed by atoms with van der Waals surface area (Å²) in [5.74, 6) is 0.211. The Bertz CT molecular complexity index is 508. The summed E-state index contributed by atoms with van der Waals surface area (Å²) in [6, 6.07) is 7.60. The highest BCUT2D eigenvalue weighted by atomic mass is 32.2. The van der Waals surface area contributed by atoms with Gasteiger partial charge >= 0.3 is 0 Å². The van der Waals surface area contributed by atoms with E-state index in [9.17, 15) is 13.5 Å². The largest absolute Gasteiger partial charge is 0.387 e. The third kappa shape index (κ3) is 2.75. The van der Waals surface area contributed by atoms with E-state index in [1.54, 1.807) is 0 Å². The van der Waals surface area contributed by atoms with Crippen LogP contribution in [-0.2, 0) is 16.3 Å². The van der Waals surface area contributed by atoms with Crippen LogP contribution < -0.4 is 0 Å². The molecular formula is C14H20O3S. The lowest BCUT2D eigenvalue weighted by molar-refractivity contribution is 0.164. The molecule has 4 heteroatoms. The molecule has 1 aliphatic rings. The molecule has 2 unspecified atom stereocenters. The second kappa shape index (κ2) is 5.41. The van der Waals surface area contributed by atoms with Crippen molar-refractivity contribution in [2.24, 2.45) is 0 Å². The number of aliphatic hydroxyl groups is 1. The molecule has 1 aromatic rings. The highest BCUT2D eigenvalue weighted by molar-refractivity contribution is 7.92. The van der Waals surface area contributed by atoms with Gasteiger partial charge in [-0.15, -0.1) is 0 Å². The van der Waals surface area contributed by atoms with Crippen LogP contribution in [0.2, 0.25) is 0 Å². The third-order valence-corrected chi connectivity index (χ3v) is 5.96. The molecule has 3 nitrogen and oxygen atoms in total. The Labute approximate surface area is 109 Å². The minimum Gasteiger partial charge on any atom is -0.387 e. The monoisotopic (exact) mass is 268 g/mol. The molecule has 1 saturated heterocycles. The molecule has 0 bridgehead atoms. The molecule has 0 spiro atoms. The lowest BCUT2D eigenvalue weighted by Gasteiger charge is -2.27. The quantitative estimate of drug-likeness (QED) is 0.914. The van der Waals surface area contributed by atoms with Gasteiger partial charge in [-0.2, -0.15) is 0 Å². The minimum absolute atomic E-state index is 0.211. The fourth-order valence-electron chi connectivity index (χ4n) is 2.55. The fraction of sp³-hybridized carbons (Fsp3) is 0.571. The average Bonchev–Trinajstić information content (AvgIpc) is 2.37. The summed E-state index contributed by atoms with van der Waals surface area (Å²) in [7, 11) is -3.14. The van der Waals surface area contributed by atoms with Gasteiger partial charge in [-0.3, -0.25) is 0 Å². The number of hydrogen-bond donors (Lipinski definition) is 1. The first kappa shape index (κ1) is 13.6. The molecule has 1 aliphatic heterocycles. The van der Waals surface area contributed by atoms with Crippen molar-refractivity contribution >= 4 is 9.84 Å². The number of aryl methyl sites for hydroxylation is 1. The highest BCUT2D eigenvalue weighted by Gasteiger charge is 2.35. The molecule has 1 heterocycles. The number of aliphatic hydroxyl groups excluding tert-OH is 1. The van der Waals surface area contributed by atoms with E-state index in [0.29, 0.717) is 6.42 Å². The SMILES string of the molecule is CCc1cccc(C(O)C2CCCCS2(=O)=O)c1. The van der Waals surface area contributed by atoms with E-state index in [-0.39, 0.29) is 5.75 Å². The van der Waals surface area contributed by atoms with E-state index in [2.05, 4.69) is 0 Å². The molecule has 100 valence electrons. The van der Waals surface area contributed by atoms with Crippen LogP contribution in [0.4, 0.5) is 0 Å². The molecule has 0 saturated carbocycles. The molecule has 2 atom stereocenters. The number of benzene rings is 1. The lowest BCUT2D eigenvalue weighted by atomic mass is 9.99. The number of hydrogen-bond acceptors (Lipinski definition) is 3. The zero-order valence-corrected chi connectivity index (χ0v) is 11.5. The van der Waals surface area contributed by atoms with E-state index >= 15 is 0 Å². The van der Waals surface area contributed by atoms with Gasteiger partial charge in [-0.05, 0) is 30.4 Å². The van der Waals surface area contributed by atoms with Crippen LogP contribution in [0.3, 0.4) is 0 Å². The average molecular weight is 268 g/mol. The van der Waals surface area contributed by atoms with Gasteiger partial charge in [0.15, 0.2) is 9.84 Å². The topological polar surface area (TPSA) is 54.4 Å². The summed E-state index contributed by atoms with van der Waals surface area (Å²) in [6.45, 7) is 2.04. The predicted octanol–water partition coefficient (Wildman–Crippen LogP) is 2.25. The molecule has 1 fully saturated rings. The molecular weight excluding hydrogens is 248 g/mol. The summed E-state index contributed by atoms with van der Waals surface area (Å²) in [4.78, 5) is 0. The first-order valence-corrected chi connectivity index (χ1v) is 8.24. The number of rotatable bonds is 3. The standard InChI is InChI=1S/C14H20O3S/c1-2-11-6-5-7-12(10-11)14(15)13-8-3-4-9-18(13,16)17/h5-7,10,13-15H,2-4,8-9H2,1H3. The molecule has 0 aromatic heterocycles. The van der Waals surface area contributed by atoms with E-state index in [0.717, 1.165) is 30.4 Å². The van der Waals surface area contributed by atoms with Gasteiger partial charge in [0.2, 0.25) is 0 Å². The van der Waals surface area contributed by atoms with Gasteiger partial charge in [0.05, 0.1) is 17.1 Å². The van der Waals surface area contributed by atoms with Crippen molar-refractivity contribution in [3.8, 4) is 0 Å².